The maximum Gasteiger partial charge on any atom is 2.00 e. The van der Waals surface area contributed by atoms with Gasteiger partial charge in [0, 0.05) is 0 Å². The average Bonchev–Trinajstić information content (AvgIpc) is 2.76. The van der Waals surface area contributed by atoms with Crippen LogP contribution >= 0.6 is 0 Å². The zero-order chi connectivity index (χ0) is 16.5. The first-order valence-electron chi connectivity index (χ1n) is 7.52. The van der Waals surface area contributed by atoms with E-state index in [-0.39, 0.29) is 17.1 Å². The number of rotatable bonds is 0. The van der Waals surface area contributed by atoms with E-state index in [9.17, 15) is 5.11 Å². The molecule has 0 aromatic heterocycles. The molecule has 122 valence electrons. The fourth-order valence-corrected chi connectivity index (χ4v) is 2.83. The molecule has 0 spiro atoms. The normalized spacial score (nSPS) is 14.0. The smallest absolute Gasteiger partial charge is 0.877 e. The van der Waals surface area contributed by atoms with Gasteiger partial charge in [-0.1, -0.05) is 34.6 Å². The summed E-state index contributed by atoms with van der Waals surface area (Å²) in [5.74, 6) is 0. The maximum absolute atomic E-state index is 10.6. The van der Waals surface area contributed by atoms with Gasteiger partial charge in [0.25, 0.3) is 0 Å². The van der Waals surface area contributed by atoms with Gasteiger partial charge in [-0.05, 0) is 55.6 Å². The van der Waals surface area contributed by atoms with Gasteiger partial charge in [-0.15, -0.1) is 6.26 Å². The third-order valence-corrected chi connectivity index (χ3v) is 5.43. The van der Waals surface area contributed by atoms with Crippen molar-refractivity contribution in [1.29, 1.82) is 0 Å². The van der Waals surface area contributed by atoms with E-state index in [1.807, 2.05) is 13.8 Å². The SMILES string of the molecule is CC1=C(C)C(C)=C(C)C1=C[O-].Cc1c(C)c(C)[c-](C)c1C.[Fe+2]. The molecule has 0 atom stereocenters. The molecule has 0 amide bonds. The minimum atomic E-state index is 0. The van der Waals surface area contributed by atoms with Gasteiger partial charge in [-0.3, -0.25) is 0 Å². The van der Waals surface area contributed by atoms with Crippen LogP contribution in [0.2, 0.25) is 0 Å². The van der Waals surface area contributed by atoms with Crippen LogP contribution in [0.15, 0.2) is 34.1 Å². The predicted octanol–water partition coefficient (Wildman–Crippen LogP) is 4.86. The van der Waals surface area contributed by atoms with E-state index < -0.39 is 0 Å². The van der Waals surface area contributed by atoms with Crippen molar-refractivity contribution in [2.45, 2.75) is 62.3 Å². The summed E-state index contributed by atoms with van der Waals surface area (Å²) in [4.78, 5) is 0. The molecule has 0 bridgehead atoms. The molecule has 1 aliphatic rings. The Morgan fingerprint density at radius 1 is 0.682 bits per heavy atom. The Balaban J connectivity index is 0.000000385. The van der Waals surface area contributed by atoms with E-state index in [0.717, 1.165) is 23.0 Å². The van der Waals surface area contributed by atoms with Gasteiger partial charge in [0.1, 0.15) is 0 Å². The quantitative estimate of drug-likeness (QED) is 0.376. The van der Waals surface area contributed by atoms with Crippen LogP contribution < -0.4 is 5.11 Å². The number of hydrogen-bond donors (Lipinski definition) is 0. The second kappa shape index (κ2) is 7.94. The Bertz CT molecular complexity index is 545. The van der Waals surface area contributed by atoms with Crippen molar-refractivity contribution in [3.8, 4) is 0 Å². The van der Waals surface area contributed by atoms with Crippen molar-refractivity contribution in [1.82, 2.24) is 0 Å². The molecule has 0 radical (unpaired) electrons. The van der Waals surface area contributed by atoms with Gasteiger partial charge in [0.2, 0.25) is 0 Å². The van der Waals surface area contributed by atoms with E-state index in [2.05, 4.69) is 48.5 Å². The molecule has 22 heavy (non-hydrogen) atoms. The molecular formula is C20H28FeO. The summed E-state index contributed by atoms with van der Waals surface area (Å²) in [6.07, 6.45) is 0.949. The van der Waals surface area contributed by atoms with Gasteiger partial charge < -0.3 is 5.11 Å². The molecule has 0 aliphatic heterocycles. The maximum atomic E-state index is 10.6. The summed E-state index contributed by atoms with van der Waals surface area (Å²) >= 11 is 0. The summed E-state index contributed by atoms with van der Waals surface area (Å²) in [5, 5.41) is 10.6. The molecular weight excluding hydrogens is 312 g/mol. The number of hydrogen-bond acceptors (Lipinski definition) is 1. The van der Waals surface area contributed by atoms with E-state index >= 15 is 0 Å². The van der Waals surface area contributed by atoms with Gasteiger partial charge in [-0.25, -0.2) is 0 Å². The van der Waals surface area contributed by atoms with Crippen molar-refractivity contribution < 1.29 is 22.2 Å². The summed E-state index contributed by atoms with van der Waals surface area (Å²) in [5.41, 5.74) is 13.0. The summed E-state index contributed by atoms with van der Waals surface area (Å²) < 4.78 is 0. The van der Waals surface area contributed by atoms with Crippen LogP contribution in [0, 0.1) is 34.6 Å². The third kappa shape index (κ3) is 3.62. The molecule has 0 heterocycles. The monoisotopic (exact) mass is 340 g/mol. The molecule has 1 aromatic rings. The van der Waals surface area contributed by atoms with Gasteiger partial charge in [0.15, 0.2) is 0 Å². The number of allylic oxidation sites excluding steroid dienone is 5. The van der Waals surface area contributed by atoms with Crippen LogP contribution in [-0.4, -0.2) is 0 Å². The molecule has 0 fully saturated rings. The Morgan fingerprint density at radius 2 is 1.00 bits per heavy atom. The van der Waals surface area contributed by atoms with E-state index in [1.54, 1.807) is 0 Å². The van der Waals surface area contributed by atoms with Crippen LogP contribution in [0.5, 0.6) is 0 Å². The zero-order valence-electron chi connectivity index (χ0n) is 15.3. The van der Waals surface area contributed by atoms with E-state index in [0.29, 0.717) is 0 Å². The van der Waals surface area contributed by atoms with E-state index in [4.69, 9.17) is 0 Å². The first-order valence-corrected chi connectivity index (χ1v) is 7.52. The summed E-state index contributed by atoms with van der Waals surface area (Å²) in [7, 11) is 0. The molecule has 1 aliphatic carbocycles. The molecule has 0 saturated carbocycles. The largest absolute Gasteiger partial charge is 2.00 e. The fraction of sp³-hybridized carbons (Fsp3) is 0.450. The molecule has 1 aromatic carbocycles. The van der Waals surface area contributed by atoms with Gasteiger partial charge >= 0.3 is 17.1 Å². The molecule has 0 unspecified atom stereocenters. The van der Waals surface area contributed by atoms with Crippen molar-refractivity contribution >= 4 is 0 Å². The topological polar surface area (TPSA) is 23.1 Å². The molecule has 2 rings (SSSR count). The first kappa shape index (κ1) is 20.9. The Labute approximate surface area is 146 Å². The molecule has 0 saturated heterocycles. The predicted molar refractivity (Wildman–Crippen MR) is 90.6 cm³/mol. The minimum absolute atomic E-state index is 0. The van der Waals surface area contributed by atoms with Crippen molar-refractivity contribution in [3.05, 3.63) is 61.9 Å². The Hall–Kier alpha value is -1.11. The van der Waals surface area contributed by atoms with Gasteiger partial charge in [0.05, 0.1) is 0 Å². The van der Waals surface area contributed by atoms with Crippen LogP contribution in [0.4, 0.5) is 0 Å². The zero-order valence-corrected chi connectivity index (χ0v) is 16.4. The molecule has 1 nitrogen and oxygen atoms in total. The van der Waals surface area contributed by atoms with Crippen molar-refractivity contribution in [3.63, 3.8) is 0 Å². The average molecular weight is 340 g/mol. The van der Waals surface area contributed by atoms with Crippen LogP contribution in [0.1, 0.15) is 55.5 Å². The Morgan fingerprint density at radius 3 is 1.14 bits per heavy atom. The van der Waals surface area contributed by atoms with Crippen molar-refractivity contribution in [2.75, 3.05) is 0 Å². The molecule has 0 N–H and O–H groups in total. The summed E-state index contributed by atoms with van der Waals surface area (Å²) in [6, 6.07) is 0. The standard InChI is InChI=1S/C10H14O.C10H15.Fe/c1-6-7(2)9(4)10(5-11)8(6)3;1-6-7(2)9(4)10(5)8(6)3;/h5,11H,1-4H3;1-5H3;/q;-1;+2/p-1. The minimum Gasteiger partial charge on any atom is -0.877 e. The van der Waals surface area contributed by atoms with E-state index in [1.165, 1.54) is 39.0 Å². The van der Waals surface area contributed by atoms with Gasteiger partial charge in [-0.2, -0.15) is 27.8 Å². The fourth-order valence-electron chi connectivity index (χ4n) is 2.83. The Kier molecular flexibility index (Phi) is 7.54. The van der Waals surface area contributed by atoms with Crippen LogP contribution in [0.3, 0.4) is 0 Å². The van der Waals surface area contributed by atoms with Crippen LogP contribution in [-0.2, 0) is 17.1 Å². The molecule has 2 heteroatoms. The second-order valence-corrected chi connectivity index (χ2v) is 6.16. The van der Waals surface area contributed by atoms with Crippen LogP contribution in [0.25, 0.3) is 0 Å². The van der Waals surface area contributed by atoms with Crippen molar-refractivity contribution in [2.24, 2.45) is 0 Å². The first-order chi connectivity index (χ1) is 9.64. The second-order valence-electron chi connectivity index (χ2n) is 6.16. The third-order valence-electron chi connectivity index (χ3n) is 5.43. The summed E-state index contributed by atoms with van der Waals surface area (Å²) in [6.45, 7) is 19.1.